The van der Waals surface area contributed by atoms with Crippen LogP contribution in [0.3, 0.4) is 0 Å². The van der Waals surface area contributed by atoms with Gasteiger partial charge in [0.25, 0.3) is 0 Å². The molecule has 4 heteroatoms. The van der Waals surface area contributed by atoms with Crippen LogP contribution in [0, 0.1) is 11.8 Å². The van der Waals surface area contributed by atoms with Crippen LogP contribution in [0.15, 0.2) is 29.7 Å². The lowest BCUT2D eigenvalue weighted by Gasteiger charge is -2.25. The van der Waals surface area contributed by atoms with Crippen LogP contribution in [0.2, 0.25) is 0 Å². The van der Waals surface area contributed by atoms with E-state index in [-0.39, 0.29) is 0 Å². The van der Waals surface area contributed by atoms with Crippen LogP contribution in [0.4, 0.5) is 0 Å². The molecule has 0 radical (unpaired) electrons. The zero-order valence-electron chi connectivity index (χ0n) is 12.8. The van der Waals surface area contributed by atoms with Crippen molar-refractivity contribution in [3.63, 3.8) is 0 Å². The van der Waals surface area contributed by atoms with Crippen molar-refractivity contribution in [1.29, 1.82) is 0 Å². The molecule has 3 nitrogen and oxygen atoms in total. The molecule has 118 valence electrons. The van der Waals surface area contributed by atoms with Crippen molar-refractivity contribution in [3.8, 4) is 0 Å². The first-order valence-corrected chi connectivity index (χ1v) is 8.77. The first-order chi connectivity index (χ1) is 10.3. The highest BCUT2D eigenvalue weighted by Gasteiger charge is 2.18. The molecule has 1 aliphatic carbocycles. The maximum Gasteiger partial charge on any atom is 0.0897 e. The maximum absolute atomic E-state index is 9.90. The predicted octanol–water partition coefficient (Wildman–Crippen LogP) is 2.86. The summed E-state index contributed by atoms with van der Waals surface area (Å²) in [6, 6.07) is 4.22. The molecule has 0 saturated heterocycles. The zero-order valence-corrected chi connectivity index (χ0v) is 13.6. The average Bonchev–Trinajstić information content (AvgIpc) is 2.99. The molecule has 0 saturated carbocycles. The van der Waals surface area contributed by atoms with E-state index >= 15 is 0 Å². The van der Waals surface area contributed by atoms with Gasteiger partial charge in [-0.2, -0.15) is 0 Å². The van der Waals surface area contributed by atoms with E-state index in [0.29, 0.717) is 25.0 Å². The Bertz CT molecular complexity index is 405. The van der Waals surface area contributed by atoms with E-state index < -0.39 is 6.10 Å². The maximum atomic E-state index is 9.90. The molecule has 3 unspecified atom stereocenters. The smallest absolute Gasteiger partial charge is 0.0897 e. The lowest BCUT2D eigenvalue weighted by molar-refractivity contribution is 0.0130. The van der Waals surface area contributed by atoms with Crippen LogP contribution in [-0.4, -0.2) is 37.5 Å². The molecule has 0 aromatic carbocycles. The number of hydrogen-bond acceptors (Lipinski definition) is 4. The lowest BCUT2D eigenvalue weighted by Crippen LogP contribution is -2.32. The van der Waals surface area contributed by atoms with Gasteiger partial charge < -0.3 is 15.2 Å². The second kappa shape index (κ2) is 9.36. The van der Waals surface area contributed by atoms with Gasteiger partial charge in [0.1, 0.15) is 0 Å². The first kappa shape index (κ1) is 16.7. The molecule has 0 aliphatic heterocycles. The zero-order chi connectivity index (χ0) is 14.9. The number of ether oxygens (including phenoxy) is 1. The fourth-order valence-corrected chi connectivity index (χ4v) is 3.30. The van der Waals surface area contributed by atoms with Gasteiger partial charge in [0, 0.05) is 18.0 Å². The van der Waals surface area contributed by atoms with Gasteiger partial charge in [0.15, 0.2) is 0 Å². The number of allylic oxidation sites excluding steroid dienone is 2. The third-order valence-electron chi connectivity index (χ3n) is 4.07. The molecule has 3 atom stereocenters. The fraction of sp³-hybridized carbons (Fsp3) is 0.647. The minimum atomic E-state index is -0.414. The summed E-state index contributed by atoms with van der Waals surface area (Å²) >= 11 is 1.78. The first-order valence-electron chi connectivity index (χ1n) is 7.89. The van der Waals surface area contributed by atoms with Crippen LogP contribution in [-0.2, 0) is 11.2 Å². The predicted molar refractivity (Wildman–Crippen MR) is 88.7 cm³/mol. The molecule has 0 bridgehead atoms. The molecule has 1 aromatic rings. The molecule has 1 heterocycles. The minimum absolute atomic E-state index is 0.414. The van der Waals surface area contributed by atoms with Crippen molar-refractivity contribution in [3.05, 3.63) is 34.5 Å². The molecule has 2 rings (SSSR count). The Balaban J connectivity index is 1.49. The number of nitrogens with one attached hydrogen (secondary N) is 1. The SMILES string of the molecule is CC1CC=CCC1COCC(O)CNCCc1cccs1. The Morgan fingerprint density at radius 3 is 3.05 bits per heavy atom. The van der Waals surface area contributed by atoms with Gasteiger partial charge in [-0.25, -0.2) is 0 Å². The quantitative estimate of drug-likeness (QED) is 0.544. The molecular formula is C17H27NO2S. The molecule has 2 N–H and O–H groups in total. The summed E-state index contributed by atoms with van der Waals surface area (Å²) in [6.07, 6.45) is 7.38. The van der Waals surface area contributed by atoms with E-state index in [9.17, 15) is 5.11 Å². The highest BCUT2D eigenvalue weighted by molar-refractivity contribution is 7.09. The Hall–Kier alpha value is -0.680. The van der Waals surface area contributed by atoms with Crippen molar-refractivity contribution >= 4 is 11.3 Å². The summed E-state index contributed by atoms with van der Waals surface area (Å²) in [5.41, 5.74) is 0. The van der Waals surface area contributed by atoms with E-state index in [1.54, 1.807) is 11.3 Å². The van der Waals surface area contributed by atoms with Gasteiger partial charge in [0.05, 0.1) is 19.3 Å². The second-order valence-corrected chi connectivity index (χ2v) is 6.94. The van der Waals surface area contributed by atoms with Crippen LogP contribution >= 0.6 is 11.3 Å². The third-order valence-corrected chi connectivity index (χ3v) is 5.00. The van der Waals surface area contributed by atoms with E-state index in [2.05, 4.69) is 41.9 Å². The Morgan fingerprint density at radius 1 is 1.43 bits per heavy atom. The summed E-state index contributed by atoms with van der Waals surface area (Å²) in [4.78, 5) is 1.38. The second-order valence-electron chi connectivity index (χ2n) is 5.90. The van der Waals surface area contributed by atoms with Gasteiger partial charge in [-0.1, -0.05) is 25.1 Å². The van der Waals surface area contributed by atoms with Crippen LogP contribution in [0.25, 0.3) is 0 Å². The highest BCUT2D eigenvalue weighted by atomic mass is 32.1. The molecule has 0 spiro atoms. The Morgan fingerprint density at radius 2 is 2.29 bits per heavy atom. The van der Waals surface area contributed by atoms with Crippen molar-refractivity contribution in [2.24, 2.45) is 11.8 Å². The van der Waals surface area contributed by atoms with Crippen molar-refractivity contribution < 1.29 is 9.84 Å². The molecule has 1 aliphatic rings. The number of thiophene rings is 1. The summed E-state index contributed by atoms with van der Waals surface area (Å²) in [6.45, 7) is 4.98. The average molecular weight is 309 g/mol. The van der Waals surface area contributed by atoms with Crippen molar-refractivity contribution in [1.82, 2.24) is 5.32 Å². The van der Waals surface area contributed by atoms with Crippen molar-refractivity contribution in [2.45, 2.75) is 32.3 Å². The molecular weight excluding hydrogens is 282 g/mol. The Kier molecular flexibility index (Phi) is 7.44. The minimum Gasteiger partial charge on any atom is -0.389 e. The normalized spacial score (nSPS) is 23.3. The van der Waals surface area contributed by atoms with Crippen LogP contribution in [0.1, 0.15) is 24.6 Å². The van der Waals surface area contributed by atoms with E-state index in [1.807, 2.05) is 0 Å². The van der Waals surface area contributed by atoms with Gasteiger partial charge >= 0.3 is 0 Å². The van der Waals surface area contributed by atoms with Crippen LogP contribution in [0.5, 0.6) is 0 Å². The molecule has 1 aromatic heterocycles. The van der Waals surface area contributed by atoms with Crippen molar-refractivity contribution in [2.75, 3.05) is 26.3 Å². The molecule has 0 amide bonds. The van der Waals surface area contributed by atoms with Gasteiger partial charge in [0.2, 0.25) is 0 Å². The van der Waals surface area contributed by atoms with E-state index in [4.69, 9.17) is 4.74 Å². The van der Waals surface area contributed by atoms with Gasteiger partial charge in [-0.3, -0.25) is 0 Å². The number of rotatable bonds is 9. The van der Waals surface area contributed by atoms with Crippen LogP contribution < -0.4 is 5.32 Å². The summed E-state index contributed by atoms with van der Waals surface area (Å²) < 4.78 is 5.69. The van der Waals surface area contributed by atoms with E-state index in [1.165, 1.54) is 4.88 Å². The standard InChI is InChI=1S/C17H27NO2S/c1-14-5-2-3-6-15(14)12-20-13-16(19)11-18-9-8-17-7-4-10-21-17/h2-4,7,10,14-16,18-19H,5-6,8-9,11-13H2,1H3. The van der Waals surface area contributed by atoms with E-state index in [0.717, 1.165) is 32.4 Å². The largest absolute Gasteiger partial charge is 0.389 e. The number of aliphatic hydroxyl groups excluding tert-OH is 1. The molecule has 0 fully saturated rings. The topological polar surface area (TPSA) is 41.5 Å². The highest BCUT2D eigenvalue weighted by Crippen LogP contribution is 2.24. The summed E-state index contributed by atoms with van der Waals surface area (Å²) in [5.74, 6) is 1.30. The lowest BCUT2D eigenvalue weighted by atomic mass is 9.85. The third kappa shape index (κ3) is 6.30. The molecule has 21 heavy (non-hydrogen) atoms. The number of aliphatic hydroxyl groups is 1. The van der Waals surface area contributed by atoms with Gasteiger partial charge in [-0.15, -0.1) is 11.3 Å². The number of hydrogen-bond donors (Lipinski definition) is 2. The van der Waals surface area contributed by atoms with Gasteiger partial charge in [-0.05, 0) is 42.5 Å². The Labute approximate surface area is 132 Å². The fourth-order valence-electron chi connectivity index (χ4n) is 2.59. The summed E-state index contributed by atoms with van der Waals surface area (Å²) in [5, 5.41) is 15.3. The summed E-state index contributed by atoms with van der Waals surface area (Å²) in [7, 11) is 0. The monoisotopic (exact) mass is 309 g/mol.